The SMILES string of the molecule is CCCCCCCCC=CCCCCCCCCCCCC(=O)OCCCCCCCCCCCCCCCCCCCCCCC(C)CC. The van der Waals surface area contributed by atoms with Crippen molar-refractivity contribution in [3.8, 4) is 0 Å². The van der Waals surface area contributed by atoms with Gasteiger partial charge in [0, 0.05) is 6.42 Å². The molecule has 0 aromatic rings. The second-order valence-corrected chi connectivity index (χ2v) is 16.3. The highest BCUT2D eigenvalue weighted by Crippen LogP contribution is 2.17. The molecule has 0 saturated carbocycles. The van der Waals surface area contributed by atoms with E-state index in [-0.39, 0.29) is 5.97 Å². The molecule has 0 radical (unpaired) electrons. The van der Waals surface area contributed by atoms with E-state index in [1.54, 1.807) is 0 Å². The molecule has 0 N–H and O–H groups in total. The summed E-state index contributed by atoms with van der Waals surface area (Å²) < 4.78 is 5.48. The molecular formula is C48H94O2. The molecule has 0 aliphatic rings. The molecule has 0 fully saturated rings. The molecule has 0 amide bonds. The van der Waals surface area contributed by atoms with Gasteiger partial charge in [-0.1, -0.05) is 245 Å². The number of hydrogen-bond acceptors (Lipinski definition) is 2. The lowest BCUT2D eigenvalue weighted by Crippen LogP contribution is -2.05. The lowest BCUT2D eigenvalue weighted by molar-refractivity contribution is -0.143. The Labute approximate surface area is 316 Å². The van der Waals surface area contributed by atoms with Crippen molar-refractivity contribution in [3.05, 3.63) is 12.2 Å². The van der Waals surface area contributed by atoms with Crippen LogP contribution in [0.3, 0.4) is 0 Å². The third-order valence-corrected chi connectivity index (χ3v) is 11.2. The highest BCUT2D eigenvalue weighted by atomic mass is 16.5. The first-order valence-electron chi connectivity index (χ1n) is 23.5. The average Bonchev–Trinajstić information content (AvgIpc) is 3.12. The molecule has 0 aliphatic carbocycles. The third-order valence-electron chi connectivity index (χ3n) is 11.2. The van der Waals surface area contributed by atoms with Gasteiger partial charge >= 0.3 is 5.97 Å². The van der Waals surface area contributed by atoms with E-state index < -0.39 is 0 Å². The monoisotopic (exact) mass is 703 g/mol. The summed E-state index contributed by atoms with van der Waals surface area (Å²) in [6, 6.07) is 0. The van der Waals surface area contributed by atoms with E-state index in [0.29, 0.717) is 13.0 Å². The van der Waals surface area contributed by atoms with Crippen LogP contribution in [0.15, 0.2) is 12.2 Å². The molecule has 1 atom stereocenters. The van der Waals surface area contributed by atoms with Gasteiger partial charge in [-0.3, -0.25) is 4.79 Å². The van der Waals surface area contributed by atoms with Crippen molar-refractivity contribution in [2.45, 2.75) is 278 Å². The van der Waals surface area contributed by atoms with Gasteiger partial charge in [0.25, 0.3) is 0 Å². The lowest BCUT2D eigenvalue weighted by Gasteiger charge is -2.07. The second-order valence-electron chi connectivity index (χ2n) is 16.3. The van der Waals surface area contributed by atoms with Crippen molar-refractivity contribution < 1.29 is 9.53 Å². The normalized spacial score (nSPS) is 12.3. The highest BCUT2D eigenvalue weighted by molar-refractivity contribution is 5.69. The first-order chi connectivity index (χ1) is 24.7. The summed E-state index contributed by atoms with van der Waals surface area (Å²) in [5.41, 5.74) is 0. The standard InChI is InChI=1S/C48H94O2/c1-4-6-7-8-9-10-11-12-13-14-17-21-24-27-30-33-36-39-42-45-48(49)50-46-43-40-37-34-31-28-25-22-19-16-15-18-20-23-26-29-32-35-38-41-44-47(3)5-2/h12-13,47H,4-11,14-46H2,1-3H3. The van der Waals surface area contributed by atoms with Crippen LogP contribution in [0.4, 0.5) is 0 Å². The molecule has 2 heteroatoms. The number of carbonyl (C=O) groups is 1. The summed E-state index contributed by atoms with van der Waals surface area (Å²) in [6.07, 6.45) is 58.9. The van der Waals surface area contributed by atoms with Crippen LogP contribution < -0.4 is 0 Å². The number of rotatable bonds is 43. The molecule has 50 heavy (non-hydrogen) atoms. The zero-order chi connectivity index (χ0) is 36.3. The molecular weight excluding hydrogens is 609 g/mol. The van der Waals surface area contributed by atoms with Crippen LogP contribution in [0.5, 0.6) is 0 Å². The van der Waals surface area contributed by atoms with Gasteiger partial charge in [0.05, 0.1) is 6.61 Å². The van der Waals surface area contributed by atoms with Gasteiger partial charge in [-0.05, 0) is 44.4 Å². The minimum atomic E-state index is 0.0274. The van der Waals surface area contributed by atoms with Crippen molar-refractivity contribution in [1.82, 2.24) is 0 Å². The zero-order valence-corrected chi connectivity index (χ0v) is 35.0. The summed E-state index contributed by atoms with van der Waals surface area (Å²) in [4.78, 5) is 12.0. The quantitative estimate of drug-likeness (QED) is 0.0359. The average molecular weight is 703 g/mol. The first kappa shape index (κ1) is 49.2. The summed E-state index contributed by atoms with van der Waals surface area (Å²) in [6.45, 7) is 7.64. The number of allylic oxidation sites excluding steroid dienone is 2. The van der Waals surface area contributed by atoms with Crippen molar-refractivity contribution >= 4 is 5.97 Å². The molecule has 298 valence electrons. The summed E-state index contributed by atoms with van der Waals surface area (Å²) >= 11 is 0. The maximum Gasteiger partial charge on any atom is 0.305 e. The Morgan fingerprint density at radius 3 is 1.12 bits per heavy atom. The fourth-order valence-corrected chi connectivity index (χ4v) is 7.29. The predicted octanol–water partition coefficient (Wildman–Crippen LogP) is 17.4. The lowest BCUT2D eigenvalue weighted by atomic mass is 9.99. The third kappa shape index (κ3) is 43.4. The Morgan fingerprint density at radius 1 is 0.420 bits per heavy atom. The van der Waals surface area contributed by atoms with E-state index in [2.05, 4.69) is 32.9 Å². The van der Waals surface area contributed by atoms with Gasteiger partial charge in [-0.25, -0.2) is 0 Å². The summed E-state index contributed by atoms with van der Waals surface area (Å²) in [5, 5.41) is 0. The van der Waals surface area contributed by atoms with Gasteiger partial charge in [0.1, 0.15) is 0 Å². The van der Waals surface area contributed by atoms with Crippen LogP contribution in [-0.2, 0) is 9.53 Å². The van der Waals surface area contributed by atoms with E-state index in [9.17, 15) is 4.79 Å². The molecule has 1 unspecified atom stereocenters. The Balaban J connectivity index is 3.18. The second kappa shape index (κ2) is 44.4. The number of unbranched alkanes of at least 4 members (excludes halogenated alkanes) is 34. The molecule has 0 aromatic heterocycles. The van der Waals surface area contributed by atoms with Crippen molar-refractivity contribution in [2.24, 2.45) is 5.92 Å². The van der Waals surface area contributed by atoms with Gasteiger partial charge in [0.2, 0.25) is 0 Å². The van der Waals surface area contributed by atoms with Crippen molar-refractivity contribution in [2.75, 3.05) is 6.61 Å². The van der Waals surface area contributed by atoms with Crippen molar-refractivity contribution in [1.29, 1.82) is 0 Å². The molecule has 2 nitrogen and oxygen atoms in total. The van der Waals surface area contributed by atoms with E-state index in [0.717, 1.165) is 18.8 Å². The number of carbonyl (C=O) groups excluding carboxylic acids is 1. The minimum Gasteiger partial charge on any atom is -0.466 e. The smallest absolute Gasteiger partial charge is 0.305 e. The molecule has 0 heterocycles. The highest BCUT2D eigenvalue weighted by Gasteiger charge is 2.03. The Bertz CT molecular complexity index is 655. The van der Waals surface area contributed by atoms with Gasteiger partial charge in [-0.2, -0.15) is 0 Å². The fraction of sp³-hybridized carbons (Fsp3) is 0.938. The number of esters is 1. The number of ether oxygens (including phenoxy) is 1. The first-order valence-corrected chi connectivity index (χ1v) is 23.5. The number of hydrogen-bond donors (Lipinski definition) is 0. The Hall–Kier alpha value is -0.790. The van der Waals surface area contributed by atoms with Crippen LogP contribution in [0, 0.1) is 5.92 Å². The van der Waals surface area contributed by atoms with Crippen LogP contribution in [0.1, 0.15) is 278 Å². The molecule has 0 spiro atoms. The zero-order valence-electron chi connectivity index (χ0n) is 35.0. The van der Waals surface area contributed by atoms with E-state index in [4.69, 9.17) is 4.74 Å². The Kier molecular flexibility index (Phi) is 43.7. The molecule has 0 bridgehead atoms. The maximum absolute atomic E-state index is 12.0. The van der Waals surface area contributed by atoms with Crippen LogP contribution in [0.25, 0.3) is 0 Å². The predicted molar refractivity (Wildman–Crippen MR) is 225 cm³/mol. The maximum atomic E-state index is 12.0. The summed E-state index contributed by atoms with van der Waals surface area (Å²) in [7, 11) is 0. The van der Waals surface area contributed by atoms with Crippen LogP contribution in [-0.4, -0.2) is 12.6 Å². The van der Waals surface area contributed by atoms with Gasteiger partial charge in [0.15, 0.2) is 0 Å². The van der Waals surface area contributed by atoms with E-state index >= 15 is 0 Å². The Morgan fingerprint density at radius 2 is 0.740 bits per heavy atom. The van der Waals surface area contributed by atoms with E-state index in [1.165, 1.54) is 238 Å². The van der Waals surface area contributed by atoms with Gasteiger partial charge in [-0.15, -0.1) is 0 Å². The molecule has 0 aliphatic heterocycles. The van der Waals surface area contributed by atoms with Crippen LogP contribution >= 0.6 is 0 Å². The largest absolute Gasteiger partial charge is 0.466 e. The summed E-state index contributed by atoms with van der Waals surface area (Å²) in [5.74, 6) is 0.961. The fourth-order valence-electron chi connectivity index (χ4n) is 7.29. The molecule has 0 saturated heterocycles. The topological polar surface area (TPSA) is 26.3 Å². The van der Waals surface area contributed by atoms with E-state index in [1.807, 2.05) is 0 Å². The van der Waals surface area contributed by atoms with Gasteiger partial charge < -0.3 is 4.74 Å². The van der Waals surface area contributed by atoms with Crippen LogP contribution in [0.2, 0.25) is 0 Å². The minimum absolute atomic E-state index is 0.0274. The molecule has 0 aromatic carbocycles. The van der Waals surface area contributed by atoms with Crippen molar-refractivity contribution in [3.63, 3.8) is 0 Å². The molecule has 0 rings (SSSR count).